The number of halogens is 3. The number of rotatable bonds is 3. The molecule has 1 aromatic rings. The summed E-state index contributed by atoms with van der Waals surface area (Å²) in [6.45, 7) is 2.49. The van der Waals surface area contributed by atoms with Crippen molar-refractivity contribution in [3.05, 3.63) is 29.8 Å². The van der Waals surface area contributed by atoms with Crippen molar-refractivity contribution in [3.63, 3.8) is 0 Å². The van der Waals surface area contributed by atoms with E-state index in [4.69, 9.17) is 4.74 Å². The number of carbonyl (C=O) groups excluding carboxylic acids is 1. The summed E-state index contributed by atoms with van der Waals surface area (Å²) in [7, 11) is 0. The highest BCUT2D eigenvalue weighted by atomic mass is 19.4. The molecule has 4 nitrogen and oxygen atoms in total. The molecule has 0 aliphatic carbocycles. The minimum Gasteiger partial charge on any atom is -0.481 e. The quantitative estimate of drug-likeness (QED) is 0.930. The van der Waals surface area contributed by atoms with E-state index in [1.165, 1.54) is 6.92 Å². The first-order valence-corrected chi connectivity index (χ1v) is 6.94. The predicted molar refractivity (Wildman–Crippen MR) is 73.5 cm³/mol. The fourth-order valence-corrected chi connectivity index (χ4v) is 2.34. The molecule has 0 aromatic heterocycles. The Morgan fingerprint density at radius 2 is 1.95 bits per heavy atom. The van der Waals surface area contributed by atoms with Crippen LogP contribution in [0.2, 0.25) is 0 Å². The third-order valence-corrected chi connectivity index (χ3v) is 3.77. The molecule has 1 fully saturated rings. The molecule has 22 heavy (non-hydrogen) atoms. The van der Waals surface area contributed by atoms with Crippen LogP contribution in [0.15, 0.2) is 24.3 Å². The molecule has 0 unspecified atom stereocenters. The number of amides is 1. The number of benzene rings is 1. The number of carbonyl (C=O) groups is 1. The Bertz CT molecular complexity index is 544. The van der Waals surface area contributed by atoms with Crippen LogP contribution in [0.5, 0.6) is 5.75 Å². The van der Waals surface area contributed by atoms with Gasteiger partial charge in [-0.1, -0.05) is 17.7 Å². The van der Waals surface area contributed by atoms with Gasteiger partial charge in [-0.15, -0.1) is 0 Å². The minimum absolute atomic E-state index is 0.142. The van der Waals surface area contributed by atoms with Crippen LogP contribution in [-0.2, 0) is 4.79 Å². The molecule has 1 heterocycles. The van der Waals surface area contributed by atoms with Gasteiger partial charge in [-0.05, 0) is 26.0 Å². The monoisotopic (exact) mass is 317 g/mol. The molecule has 1 N–H and O–H groups in total. The Morgan fingerprint density at radius 3 is 2.45 bits per heavy atom. The number of aryl methyl sites for hydroxylation is 1. The van der Waals surface area contributed by atoms with Gasteiger partial charge >= 0.3 is 6.18 Å². The van der Waals surface area contributed by atoms with Gasteiger partial charge in [0.2, 0.25) is 0 Å². The van der Waals surface area contributed by atoms with Crippen molar-refractivity contribution in [3.8, 4) is 5.75 Å². The van der Waals surface area contributed by atoms with Crippen molar-refractivity contribution in [1.82, 2.24) is 4.90 Å². The minimum atomic E-state index is -4.75. The molecule has 7 heteroatoms. The van der Waals surface area contributed by atoms with E-state index in [9.17, 15) is 23.1 Å². The zero-order chi connectivity index (χ0) is 16.5. The lowest BCUT2D eigenvalue weighted by atomic mass is 10.0. The van der Waals surface area contributed by atoms with Crippen LogP contribution in [0, 0.1) is 6.92 Å². The molecule has 0 saturated carbocycles. The fourth-order valence-electron chi connectivity index (χ4n) is 2.34. The third kappa shape index (κ3) is 3.35. The number of ether oxygens (including phenoxy) is 1. The molecule has 122 valence electrons. The van der Waals surface area contributed by atoms with Crippen molar-refractivity contribution in [2.75, 3.05) is 13.1 Å². The molecular weight excluding hydrogens is 299 g/mol. The molecule has 1 saturated heterocycles. The van der Waals surface area contributed by atoms with Crippen LogP contribution >= 0.6 is 0 Å². The third-order valence-electron chi connectivity index (χ3n) is 3.77. The standard InChI is InChI=1S/C15H18F3NO3/c1-10-3-5-12(6-4-10)22-11(2)13(20)19-8-7-14(21,9-19)15(16,17)18/h3-6,11,21H,7-9H2,1-2H3/t11-,14-/m1/s1. The lowest BCUT2D eigenvalue weighted by Gasteiger charge is -2.27. The summed E-state index contributed by atoms with van der Waals surface area (Å²) in [5.41, 5.74) is -1.80. The Kier molecular flexibility index (Phi) is 4.37. The van der Waals surface area contributed by atoms with Crippen LogP contribution in [0.3, 0.4) is 0 Å². The van der Waals surface area contributed by atoms with Gasteiger partial charge in [0.25, 0.3) is 5.91 Å². The van der Waals surface area contributed by atoms with Gasteiger partial charge in [-0.3, -0.25) is 4.79 Å². The smallest absolute Gasteiger partial charge is 0.419 e. The molecule has 1 aliphatic rings. The summed E-state index contributed by atoms with van der Waals surface area (Å²) >= 11 is 0. The average molecular weight is 317 g/mol. The number of alkyl halides is 3. The second-order valence-corrected chi connectivity index (χ2v) is 5.61. The normalized spacial score (nSPS) is 23.5. The Labute approximate surface area is 126 Å². The maximum Gasteiger partial charge on any atom is 0.419 e. The molecule has 2 rings (SSSR count). The summed E-state index contributed by atoms with van der Waals surface area (Å²) in [4.78, 5) is 13.1. The molecule has 2 atom stereocenters. The predicted octanol–water partition coefficient (Wildman–Crippen LogP) is 2.29. The number of hydrogen-bond acceptors (Lipinski definition) is 3. The molecule has 1 aromatic carbocycles. The largest absolute Gasteiger partial charge is 0.481 e. The van der Waals surface area contributed by atoms with Gasteiger partial charge in [-0.25, -0.2) is 0 Å². The summed E-state index contributed by atoms with van der Waals surface area (Å²) in [6.07, 6.45) is -6.18. The zero-order valence-corrected chi connectivity index (χ0v) is 12.4. The van der Waals surface area contributed by atoms with E-state index >= 15 is 0 Å². The summed E-state index contributed by atoms with van der Waals surface area (Å²) in [6, 6.07) is 7.00. The van der Waals surface area contributed by atoms with Crippen molar-refractivity contribution in [2.45, 2.75) is 38.1 Å². The number of likely N-dealkylation sites (tertiary alicyclic amines) is 1. The molecule has 0 bridgehead atoms. The first-order valence-electron chi connectivity index (χ1n) is 6.94. The maximum atomic E-state index is 12.7. The summed E-state index contributed by atoms with van der Waals surface area (Å²) < 4.78 is 43.7. The van der Waals surface area contributed by atoms with E-state index in [1.807, 2.05) is 19.1 Å². The van der Waals surface area contributed by atoms with Crippen molar-refractivity contribution >= 4 is 5.91 Å². The van der Waals surface area contributed by atoms with E-state index in [0.29, 0.717) is 5.75 Å². The van der Waals surface area contributed by atoms with Crippen LogP contribution in [0.25, 0.3) is 0 Å². The van der Waals surface area contributed by atoms with Crippen molar-refractivity contribution < 1.29 is 27.8 Å². The van der Waals surface area contributed by atoms with Gasteiger partial charge < -0.3 is 14.7 Å². The number of β-amino-alcohol motifs (C(OH)–C–C–N with tert-alkyl or cyclic N) is 1. The molecule has 1 aliphatic heterocycles. The topological polar surface area (TPSA) is 49.8 Å². The molecule has 0 spiro atoms. The molecule has 0 radical (unpaired) electrons. The van der Waals surface area contributed by atoms with E-state index in [1.54, 1.807) is 12.1 Å². The number of nitrogens with zero attached hydrogens (tertiary/aromatic N) is 1. The lowest BCUT2D eigenvalue weighted by molar-refractivity contribution is -0.253. The highest BCUT2D eigenvalue weighted by molar-refractivity contribution is 5.81. The van der Waals surface area contributed by atoms with Crippen LogP contribution in [0.1, 0.15) is 18.9 Å². The average Bonchev–Trinajstić information content (AvgIpc) is 2.84. The Morgan fingerprint density at radius 1 is 1.36 bits per heavy atom. The fraction of sp³-hybridized carbons (Fsp3) is 0.533. The van der Waals surface area contributed by atoms with Gasteiger partial charge in [0.1, 0.15) is 5.75 Å². The van der Waals surface area contributed by atoms with E-state index in [-0.39, 0.29) is 6.54 Å². The van der Waals surface area contributed by atoms with Gasteiger partial charge in [0.15, 0.2) is 11.7 Å². The second-order valence-electron chi connectivity index (χ2n) is 5.61. The Balaban J connectivity index is 1.99. The number of hydrogen-bond donors (Lipinski definition) is 1. The second kappa shape index (κ2) is 5.79. The van der Waals surface area contributed by atoms with Gasteiger partial charge in [0, 0.05) is 13.0 Å². The maximum absolute atomic E-state index is 12.7. The zero-order valence-electron chi connectivity index (χ0n) is 12.4. The summed E-state index contributed by atoms with van der Waals surface area (Å²) in [5.74, 6) is -0.0996. The van der Waals surface area contributed by atoms with E-state index in [2.05, 4.69) is 0 Å². The highest BCUT2D eigenvalue weighted by Crippen LogP contribution is 2.37. The first-order chi connectivity index (χ1) is 10.1. The van der Waals surface area contributed by atoms with Crippen LogP contribution < -0.4 is 4.74 Å². The van der Waals surface area contributed by atoms with E-state index in [0.717, 1.165) is 10.5 Å². The van der Waals surface area contributed by atoms with Crippen LogP contribution in [0.4, 0.5) is 13.2 Å². The summed E-state index contributed by atoms with van der Waals surface area (Å²) in [5, 5.41) is 9.59. The van der Waals surface area contributed by atoms with Gasteiger partial charge in [0.05, 0.1) is 6.54 Å². The van der Waals surface area contributed by atoms with Crippen molar-refractivity contribution in [1.29, 1.82) is 0 Å². The molecule has 1 amide bonds. The highest BCUT2D eigenvalue weighted by Gasteiger charge is 2.58. The van der Waals surface area contributed by atoms with Gasteiger partial charge in [-0.2, -0.15) is 13.2 Å². The van der Waals surface area contributed by atoms with Crippen molar-refractivity contribution in [2.24, 2.45) is 0 Å². The lowest BCUT2D eigenvalue weighted by Crippen LogP contribution is -2.49. The SMILES string of the molecule is Cc1ccc(O[C@H](C)C(=O)N2CC[C@](O)(C(F)(F)F)C2)cc1. The molecular formula is C15H18F3NO3. The Hall–Kier alpha value is -1.76. The first kappa shape index (κ1) is 16.6. The van der Waals surface area contributed by atoms with Crippen LogP contribution in [-0.4, -0.2) is 46.9 Å². The number of aliphatic hydroxyl groups is 1. The van der Waals surface area contributed by atoms with E-state index < -0.39 is 36.8 Å².